The topological polar surface area (TPSA) is 77.8 Å². The Balaban J connectivity index is 2.04. The number of nitrogens with two attached hydrogens (primary N) is 1. The fraction of sp³-hybridized carbons (Fsp3) is 0. The van der Waals surface area contributed by atoms with E-state index in [-0.39, 0.29) is 0 Å². The molecule has 2 heterocycles. The summed E-state index contributed by atoms with van der Waals surface area (Å²) in [6.07, 6.45) is 1.62. The molecule has 20 heavy (non-hydrogen) atoms. The highest BCUT2D eigenvalue weighted by atomic mass is 79.9. The monoisotopic (exact) mass is 350 g/mol. The summed E-state index contributed by atoms with van der Waals surface area (Å²) < 4.78 is 6.11. The summed E-state index contributed by atoms with van der Waals surface area (Å²) in [4.78, 5) is 8.42. The van der Waals surface area contributed by atoms with Gasteiger partial charge >= 0.3 is 0 Å². The third kappa shape index (κ3) is 2.39. The smallest absolute Gasteiger partial charge is 0.260 e. The molecule has 0 saturated heterocycles. The van der Waals surface area contributed by atoms with Gasteiger partial charge in [-0.25, -0.2) is 0 Å². The maximum atomic E-state index is 6.05. The molecule has 0 fully saturated rings. The molecule has 0 atom stereocenters. The summed E-state index contributed by atoms with van der Waals surface area (Å²) in [5.41, 5.74) is 7.61. The van der Waals surface area contributed by atoms with Crippen molar-refractivity contribution in [2.45, 2.75) is 0 Å². The second-order valence-corrected chi connectivity index (χ2v) is 5.31. The summed E-state index contributed by atoms with van der Waals surface area (Å²) in [5, 5.41) is 4.35. The molecule has 3 aromatic rings. The van der Waals surface area contributed by atoms with Gasteiger partial charge in [0.15, 0.2) is 0 Å². The summed E-state index contributed by atoms with van der Waals surface area (Å²) in [6, 6.07) is 8.88. The van der Waals surface area contributed by atoms with Gasteiger partial charge in [-0.2, -0.15) is 4.98 Å². The van der Waals surface area contributed by atoms with Crippen LogP contribution in [0.25, 0.3) is 23.0 Å². The van der Waals surface area contributed by atoms with Crippen molar-refractivity contribution in [3.05, 3.63) is 46.0 Å². The zero-order valence-corrected chi connectivity index (χ0v) is 12.4. The van der Waals surface area contributed by atoms with E-state index in [2.05, 4.69) is 31.1 Å². The van der Waals surface area contributed by atoms with E-state index in [1.54, 1.807) is 30.5 Å². The van der Waals surface area contributed by atoms with Gasteiger partial charge in [-0.1, -0.05) is 32.7 Å². The summed E-state index contributed by atoms with van der Waals surface area (Å²) in [7, 11) is 0. The lowest BCUT2D eigenvalue weighted by Gasteiger charge is -2.00. The Hall–Kier alpha value is -1.92. The number of hydrogen-bond donors (Lipinski definition) is 1. The van der Waals surface area contributed by atoms with Crippen LogP contribution in [0.1, 0.15) is 0 Å². The van der Waals surface area contributed by atoms with Gasteiger partial charge in [0, 0.05) is 16.4 Å². The van der Waals surface area contributed by atoms with Gasteiger partial charge in [-0.15, -0.1) is 0 Å². The molecule has 2 aromatic heterocycles. The Morgan fingerprint density at radius 1 is 1.25 bits per heavy atom. The van der Waals surface area contributed by atoms with Crippen LogP contribution in [0.3, 0.4) is 0 Å². The van der Waals surface area contributed by atoms with Crippen molar-refractivity contribution in [3.63, 3.8) is 0 Å². The molecule has 3 rings (SSSR count). The van der Waals surface area contributed by atoms with Crippen LogP contribution in [0.2, 0.25) is 5.02 Å². The van der Waals surface area contributed by atoms with Crippen molar-refractivity contribution in [3.8, 4) is 23.0 Å². The highest BCUT2D eigenvalue weighted by molar-refractivity contribution is 9.10. The van der Waals surface area contributed by atoms with E-state index < -0.39 is 0 Å². The van der Waals surface area contributed by atoms with Crippen molar-refractivity contribution in [2.75, 3.05) is 5.73 Å². The average Bonchev–Trinajstić information content (AvgIpc) is 2.88. The van der Waals surface area contributed by atoms with E-state index in [1.807, 2.05) is 6.07 Å². The number of pyridine rings is 1. The van der Waals surface area contributed by atoms with Crippen LogP contribution in [0.5, 0.6) is 0 Å². The van der Waals surface area contributed by atoms with Crippen LogP contribution >= 0.6 is 27.5 Å². The highest BCUT2D eigenvalue weighted by Gasteiger charge is 2.15. The lowest BCUT2D eigenvalue weighted by atomic mass is 10.2. The predicted octanol–water partition coefficient (Wildman–Crippen LogP) is 3.80. The van der Waals surface area contributed by atoms with Gasteiger partial charge in [0.25, 0.3) is 5.89 Å². The second-order valence-electron chi connectivity index (χ2n) is 3.99. The Bertz CT molecular complexity index is 775. The number of anilines is 1. The molecule has 0 radical (unpaired) electrons. The minimum atomic E-state index is 0.326. The molecule has 7 heteroatoms. The summed E-state index contributed by atoms with van der Waals surface area (Å²) in [6.45, 7) is 0. The fourth-order valence-corrected chi connectivity index (χ4v) is 2.29. The molecule has 5 nitrogen and oxygen atoms in total. The molecule has 0 aliphatic heterocycles. The van der Waals surface area contributed by atoms with Gasteiger partial charge in [0.2, 0.25) is 5.82 Å². The third-order valence-electron chi connectivity index (χ3n) is 2.64. The molecule has 2 N–H and O–H groups in total. The molecule has 0 aliphatic carbocycles. The zero-order valence-electron chi connectivity index (χ0n) is 10.0. The number of halogens is 2. The number of nitrogens with zero attached hydrogens (tertiary/aromatic N) is 3. The van der Waals surface area contributed by atoms with Crippen LogP contribution in [-0.4, -0.2) is 15.1 Å². The molecule has 0 saturated carbocycles. The lowest BCUT2D eigenvalue weighted by molar-refractivity contribution is 0.432. The van der Waals surface area contributed by atoms with Gasteiger partial charge in [0.1, 0.15) is 5.69 Å². The fourth-order valence-electron chi connectivity index (χ4n) is 1.71. The van der Waals surface area contributed by atoms with Crippen LogP contribution in [0.4, 0.5) is 5.69 Å². The van der Waals surface area contributed by atoms with Gasteiger partial charge in [-0.3, -0.25) is 4.98 Å². The van der Waals surface area contributed by atoms with E-state index in [0.717, 1.165) is 4.47 Å². The van der Waals surface area contributed by atoms with E-state index in [9.17, 15) is 0 Å². The average molecular weight is 352 g/mol. The first-order valence-electron chi connectivity index (χ1n) is 5.65. The maximum Gasteiger partial charge on any atom is 0.260 e. The largest absolute Gasteiger partial charge is 0.398 e. The maximum absolute atomic E-state index is 6.05. The Kier molecular flexibility index (Phi) is 3.42. The quantitative estimate of drug-likeness (QED) is 0.711. The van der Waals surface area contributed by atoms with Gasteiger partial charge in [-0.05, 0) is 30.3 Å². The lowest BCUT2D eigenvalue weighted by Crippen LogP contribution is -1.90. The van der Waals surface area contributed by atoms with Crippen LogP contribution in [0, 0.1) is 0 Å². The van der Waals surface area contributed by atoms with E-state index in [4.69, 9.17) is 21.9 Å². The first kappa shape index (κ1) is 13.1. The minimum absolute atomic E-state index is 0.326. The predicted molar refractivity (Wildman–Crippen MR) is 80.1 cm³/mol. The SMILES string of the molecule is Nc1cc(Br)ccc1-c1nc(-c2ncccc2Cl)no1. The summed E-state index contributed by atoms with van der Waals surface area (Å²) in [5.74, 6) is 0.652. The van der Waals surface area contributed by atoms with Gasteiger partial charge in [0.05, 0.1) is 10.6 Å². The second kappa shape index (κ2) is 5.22. The first-order valence-corrected chi connectivity index (χ1v) is 6.82. The molecule has 100 valence electrons. The van der Waals surface area contributed by atoms with Crippen LogP contribution in [-0.2, 0) is 0 Å². The summed E-state index contributed by atoms with van der Waals surface area (Å²) >= 11 is 9.40. The molecule has 0 aliphatic rings. The number of rotatable bonds is 2. The number of benzene rings is 1. The Morgan fingerprint density at radius 2 is 2.10 bits per heavy atom. The van der Waals surface area contributed by atoms with Gasteiger partial charge < -0.3 is 10.3 Å². The Morgan fingerprint density at radius 3 is 2.85 bits per heavy atom. The molecule has 1 aromatic carbocycles. The molecule has 0 spiro atoms. The molecule has 0 bridgehead atoms. The van der Waals surface area contributed by atoms with E-state index in [1.165, 1.54) is 0 Å². The molecular weight excluding hydrogens is 344 g/mol. The third-order valence-corrected chi connectivity index (χ3v) is 3.44. The van der Waals surface area contributed by atoms with Crippen molar-refractivity contribution in [1.82, 2.24) is 15.1 Å². The van der Waals surface area contributed by atoms with E-state index >= 15 is 0 Å². The molecular formula is C13H8BrClN4O. The number of nitrogen functional groups attached to an aromatic ring is 1. The van der Waals surface area contributed by atoms with Crippen LogP contribution < -0.4 is 5.73 Å². The molecule has 0 unspecified atom stereocenters. The molecule has 0 amide bonds. The van der Waals surface area contributed by atoms with Crippen molar-refractivity contribution >= 4 is 33.2 Å². The van der Waals surface area contributed by atoms with Crippen molar-refractivity contribution in [1.29, 1.82) is 0 Å². The van der Waals surface area contributed by atoms with Crippen molar-refractivity contribution < 1.29 is 4.52 Å². The normalized spacial score (nSPS) is 10.7. The number of aromatic nitrogens is 3. The zero-order chi connectivity index (χ0) is 14.1. The first-order chi connectivity index (χ1) is 9.65. The van der Waals surface area contributed by atoms with E-state index in [0.29, 0.717) is 33.7 Å². The van der Waals surface area contributed by atoms with Crippen molar-refractivity contribution in [2.24, 2.45) is 0 Å². The standard InChI is InChI=1S/C13H8BrClN4O/c14-7-3-4-8(10(16)6-7)13-18-12(19-20-13)11-9(15)2-1-5-17-11/h1-6H,16H2. The highest BCUT2D eigenvalue weighted by Crippen LogP contribution is 2.30. The minimum Gasteiger partial charge on any atom is -0.398 e. The van der Waals surface area contributed by atoms with Crippen LogP contribution in [0.15, 0.2) is 45.5 Å². The number of hydrogen-bond acceptors (Lipinski definition) is 5. The Labute approximate surface area is 127 Å².